The van der Waals surface area contributed by atoms with Gasteiger partial charge in [0.1, 0.15) is 0 Å². The third-order valence-electron chi connectivity index (χ3n) is 3.69. The van der Waals surface area contributed by atoms with Crippen molar-refractivity contribution in [3.63, 3.8) is 0 Å². The highest BCUT2D eigenvalue weighted by molar-refractivity contribution is 7.92. The van der Waals surface area contributed by atoms with Crippen molar-refractivity contribution in [2.75, 3.05) is 20.1 Å². The lowest BCUT2D eigenvalue weighted by atomic mass is 10.2. The minimum absolute atomic E-state index is 0.0567. The van der Waals surface area contributed by atoms with Crippen LogP contribution in [0, 0.1) is 10.1 Å². The van der Waals surface area contributed by atoms with Crippen LogP contribution in [0.5, 0.6) is 0 Å². The van der Waals surface area contributed by atoms with Crippen LogP contribution < -0.4 is 0 Å². The van der Waals surface area contributed by atoms with E-state index in [1.54, 1.807) is 0 Å². The maximum absolute atomic E-state index is 12.6. The van der Waals surface area contributed by atoms with Gasteiger partial charge in [0, 0.05) is 12.1 Å². The van der Waals surface area contributed by atoms with Crippen LogP contribution in [0.3, 0.4) is 0 Å². The van der Waals surface area contributed by atoms with Gasteiger partial charge in [-0.1, -0.05) is 6.07 Å². The molecule has 20 heavy (non-hydrogen) atoms. The number of likely N-dealkylation sites (tertiary alicyclic amines) is 1. The summed E-state index contributed by atoms with van der Waals surface area (Å²) in [5.41, 5.74) is -0.184. The molecule has 0 amide bonds. The zero-order valence-electron chi connectivity index (χ0n) is 11.4. The van der Waals surface area contributed by atoms with Crippen LogP contribution >= 0.6 is 0 Å². The monoisotopic (exact) mass is 298 g/mol. The Labute approximate surface area is 118 Å². The average Bonchev–Trinajstić information content (AvgIpc) is 2.64. The Morgan fingerprint density at radius 2 is 2.05 bits per heavy atom. The highest BCUT2D eigenvalue weighted by Gasteiger charge is 2.29. The van der Waals surface area contributed by atoms with Crippen LogP contribution in [0.25, 0.3) is 0 Å². The first-order valence-corrected chi connectivity index (χ1v) is 8.13. The third kappa shape index (κ3) is 3.16. The lowest BCUT2D eigenvalue weighted by molar-refractivity contribution is -0.385. The molecular formula is C13H18N2O4S. The molecule has 1 fully saturated rings. The van der Waals surface area contributed by atoms with Crippen LogP contribution in [0.2, 0.25) is 0 Å². The smallest absolute Gasteiger partial charge is 0.270 e. The zero-order valence-corrected chi connectivity index (χ0v) is 12.2. The summed E-state index contributed by atoms with van der Waals surface area (Å²) in [5.74, 6) is 0. The van der Waals surface area contributed by atoms with Gasteiger partial charge in [0.25, 0.3) is 5.69 Å². The summed E-state index contributed by atoms with van der Waals surface area (Å²) < 4.78 is 25.2. The number of hydrogen-bond donors (Lipinski definition) is 0. The summed E-state index contributed by atoms with van der Waals surface area (Å²) in [7, 11) is -1.52. The van der Waals surface area contributed by atoms with Crippen molar-refractivity contribution in [1.82, 2.24) is 4.90 Å². The summed E-state index contributed by atoms with van der Waals surface area (Å²) in [6.07, 6.45) is 2.01. The molecule has 1 aromatic rings. The van der Waals surface area contributed by atoms with Crippen LogP contribution in [0.4, 0.5) is 5.69 Å². The van der Waals surface area contributed by atoms with E-state index in [-0.39, 0.29) is 10.6 Å². The van der Waals surface area contributed by atoms with Gasteiger partial charge in [-0.15, -0.1) is 0 Å². The fourth-order valence-corrected chi connectivity index (χ4v) is 4.32. The van der Waals surface area contributed by atoms with Crippen molar-refractivity contribution in [3.05, 3.63) is 34.4 Å². The quantitative estimate of drug-likeness (QED) is 0.628. The SMILES string of the molecule is CN1CCCC(S(=O)(=O)c2cccc([N+](=O)[O-])c2)CC1. The second kappa shape index (κ2) is 5.88. The maximum Gasteiger partial charge on any atom is 0.270 e. The summed E-state index contributed by atoms with van der Waals surface area (Å²) >= 11 is 0. The highest BCUT2D eigenvalue weighted by atomic mass is 32.2. The molecule has 0 aromatic heterocycles. The van der Waals surface area contributed by atoms with Gasteiger partial charge in [-0.3, -0.25) is 10.1 Å². The van der Waals surface area contributed by atoms with Crippen molar-refractivity contribution in [3.8, 4) is 0 Å². The molecule has 1 aliphatic heterocycles. The molecule has 0 bridgehead atoms. The topological polar surface area (TPSA) is 80.5 Å². The Hall–Kier alpha value is -1.47. The Kier molecular flexibility index (Phi) is 4.39. The molecule has 1 unspecified atom stereocenters. The van der Waals surface area contributed by atoms with Crippen molar-refractivity contribution in [2.24, 2.45) is 0 Å². The van der Waals surface area contributed by atoms with Gasteiger partial charge in [0.2, 0.25) is 0 Å². The molecule has 7 heteroatoms. The number of hydrogen-bond acceptors (Lipinski definition) is 5. The zero-order chi connectivity index (χ0) is 14.8. The molecule has 1 aliphatic rings. The van der Waals surface area contributed by atoms with Gasteiger partial charge < -0.3 is 4.90 Å². The summed E-state index contributed by atoms with van der Waals surface area (Å²) in [6, 6.07) is 5.33. The summed E-state index contributed by atoms with van der Waals surface area (Å²) in [6.45, 7) is 1.62. The molecule has 2 rings (SSSR count). The molecule has 0 aliphatic carbocycles. The van der Waals surface area contributed by atoms with Gasteiger partial charge in [-0.05, 0) is 45.5 Å². The highest BCUT2D eigenvalue weighted by Crippen LogP contribution is 2.26. The Balaban J connectivity index is 2.29. The summed E-state index contributed by atoms with van der Waals surface area (Å²) in [5, 5.41) is 10.3. The molecule has 110 valence electrons. The second-order valence-electron chi connectivity index (χ2n) is 5.16. The van der Waals surface area contributed by atoms with Crippen molar-refractivity contribution in [2.45, 2.75) is 29.4 Å². The van der Waals surface area contributed by atoms with Crippen LogP contribution in [0.15, 0.2) is 29.2 Å². The van der Waals surface area contributed by atoms with E-state index in [2.05, 4.69) is 4.90 Å². The number of benzene rings is 1. The van der Waals surface area contributed by atoms with E-state index in [0.717, 1.165) is 25.6 Å². The van der Waals surface area contributed by atoms with E-state index in [9.17, 15) is 18.5 Å². The van der Waals surface area contributed by atoms with E-state index in [4.69, 9.17) is 0 Å². The molecule has 1 saturated heterocycles. The van der Waals surface area contributed by atoms with Gasteiger partial charge in [0.05, 0.1) is 15.1 Å². The van der Waals surface area contributed by atoms with Gasteiger partial charge >= 0.3 is 0 Å². The molecule has 0 saturated carbocycles. The predicted octanol–water partition coefficient (Wildman–Crippen LogP) is 1.85. The number of nitrogens with zero attached hydrogens (tertiary/aromatic N) is 2. The predicted molar refractivity (Wildman–Crippen MR) is 75.4 cm³/mol. The number of nitro groups is 1. The van der Waals surface area contributed by atoms with E-state index < -0.39 is 20.0 Å². The minimum Gasteiger partial charge on any atom is -0.306 e. The second-order valence-corrected chi connectivity index (χ2v) is 7.38. The number of rotatable bonds is 3. The molecule has 0 N–H and O–H groups in total. The van der Waals surface area contributed by atoms with Crippen LogP contribution in [-0.4, -0.2) is 43.6 Å². The number of non-ortho nitro benzene ring substituents is 1. The molecule has 1 atom stereocenters. The van der Waals surface area contributed by atoms with Crippen molar-refractivity contribution >= 4 is 15.5 Å². The first kappa shape index (κ1) is 14.9. The third-order valence-corrected chi connectivity index (χ3v) is 5.95. The van der Waals surface area contributed by atoms with Gasteiger partial charge in [-0.2, -0.15) is 0 Å². The summed E-state index contributed by atoms with van der Waals surface area (Å²) in [4.78, 5) is 12.4. The standard InChI is InChI=1S/C13H18N2O4S/c1-14-8-3-6-12(7-9-14)20(18,19)13-5-2-4-11(10-13)15(16)17/h2,4-5,10,12H,3,6-9H2,1H3. The van der Waals surface area contributed by atoms with Crippen LogP contribution in [-0.2, 0) is 9.84 Å². The number of nitro benzene ring substituents is 1. The normalized spacial score (nSPS) is 21.4. The maximum atomic E-state index is 12.6. The first-order valence-electron chi connectivity index (χ1n) is 6.58. The fourth-order valence-electron chi connectivity index (χ4n) is 2.49. The lowest BCUT2D eigenvalue weighted by Gasteiger charge is -2.15. The van der Waals surface area contributed by atoms with E-state index in [0.29, 0.717) is 12.8 Å². The lowest BCUT2D eigenvalue weighted by Crippen LogP contribution is -2.24. The molecule has 6 nitrogen and oxygen atoms in total. The molecule has 0 spiro atoms. The van der Waals surface area contributed by atoms with E-state index in [1.165, 1.54) is 18.2 Å². The Morgan fingerprint density at radius 1 is 1.30 bits per heavy atom. The van der Waals surface area contributed by atoms with Crippen LogP contribution in [0.1, 0.15) is 19.3 Å². The largest absolute Gasteiger partial charge is 0.306 e. The minimum atomic E-state index is -3.50. The first-order chi connectivity index (χ1) is 9.41. The van der Waals surface area contributed by atoms with Crippen molar-refractivity contribution in [1.29, 1.82) is 0 Å². The Morgan fingerprint density at radius 3 is 2.75 bits per heavy atom. The molecule has 1 heterocycles. The number of sulfone groups is 1. The van der Waals surface area contributed by atoms with E-state index in [1.807, 2.05) is 7.05 Å². The van der Waals surface area contributed by atoms with E-state index >= 15 is 0 Å². The molecular weight excluding hydrogens is 280 g/mol. The average molecular weight is 298 g/mol. The van der Waals surface area contributed by atoms with Gasteiger partial charge in [0.15, 0.2) is 9.84 Å². The molecule has 1 aromatic carbocycles. The van der Waals surface area contributed by atoms with Gasteiger partial charge in [-0.25, -0.2) is 8.42 Å². The fraction of sp³-hybridized carbons (Fsp3) is 0.538. The van der Waals surface area contributed by atoms with Crippen molar-refractivity contribution < 1.29 is 13.3 Å². The molecule has 0 radical (unpaired) electrons. The Bertz CT molecular complexity index is 600.